The maximum Gasteiger partial charge on any atom is 0.256 e. The third-order valence-corrected chi connectivity index (χ3v) is 3.81. The molecule has 1 aliphatic heterocycles. The minimum absolute atomic E-state index is 0.0523. The molecule has 2 rings (SSSR count). The van der Waals surface area contributed by atoms with Gasteiger partial charge in [0.15, 0.2) is 0 Å². The van der Waals surface area contributed by atoms with Crippen LogP contribution in [-0.4, -0.2) is 49.8 Å². The van der Waals surface area contributed by atoms with Crippen molar-refractivity contribution >= 4 is 11.6 Å². The molecule has 1 fully saturated rings. The zero-order chi connectivity index (χ0) is 15.8. The van der Waals surface area contributed by atoms with Gasteiger partial charge in [0.2, 0.25) is 0 Å². The number of benzene rings is 1. The Morgan fingerprint density at radius 1 is 1.45 bits per heavy atom. The van der Waals surface area contributed by atoms with E-state index < -0.39 is 12.8 Å². The van der Waals surface area contributed by atoms with E-state index in [1.807, 2.05) is 24.3 Å². The number of amides is 1. The fraction of sp³-hybridized carbons (Fsp3) is 0.588. The van der Waals surface area contributed by atoms with Gasteiger partial charge in [-0.15, -0.1) is 0 Å². The van der Waals surface area contributed by atoms with Crippen LogP contribution in [0.2, 0.25) is 0 Å². The number of nitrogens with one attached hydrogen (secondary N) is 1. The van der Waals surface area contributed by atoms with E-state index in [9.17, 15) is 9.18 Å². The van der Waals surface area contributed by atoms with E-state index in [-0.39, 0.29) is 5.91 Å². The summed E-state index contributed by atoms with van der Waals surface area (Å²) in [6.07, 6.45) is 2.40. The van der Waals surface area contributed by atoms with Crippen LogP contribution in [0.25, 0.3) is 0 Å². The Hall–Kier alpha value is -1.62. The molecule has 4 nitrogen and oxygen atoms in total. The summed E-state index contributed by atoms with van der Waals surface area (Å²) in [6, 6.07) is 7.52. The van der Waals surface area contributed by atoms with Gasteiger partial charge in [0.25, 0.3) is 5.91 Å². The summed E-state index contributed by atoms with van der Waals surface area (Å²) < 4.78 is 18.3. The van der Waals surface area contributed by atoms with Crippen molar-refractivity contribution in [2.75, 3.05) is 38.2 Å². The molecule has 1 saturated heterocycles. The highest BCUT2D eigenvalue weighted by molar-refractivity contribution is 5.99. The highest BCUT2D eigenvalue weighted by Gasteiger charge is 2.24. The van der Waals surface area contributed by atoms with E-state index in [4.69, 9.17) is 4.74 Å². The topological polar surface area (TPSA) is 41.6 Å². The van der Waals surface area contributed by atoms with Crippen LogP contribution in [0, 0.1) is 0 Å². The number of nitrogens with zero attached hydrogens (tertiary/aromatic N) is 1. The lowest BCUT2D eigenvalue weighted by Gasteiger charge is -2.24. The molecule has 1 amide bonds. The molecule has 0 bridgehead atoms. The molecule has 1 aromatic carbocycles. The van der Waals surface area contributed by atoms with Crippen LogP contribution in [0.5, 0.6) is 0 Å². The number of hydrogen-bond acceptors (Lipinski definition) is 3. The summed E-state index contributed by atoms with van der Waals surface area (Å²) >= 11 is 0. The highest BCUT2D eigenvalue weighted by Crippen LogP contribution is 2.19. The number of ether oxygens (including phenoxy) is 1. The van der Waals surface area contributed by atoms with Gasteiger partial charge in [-0.1, -0.05) is 25.5 Å². The number of halogens is 1. The van der Waals surface area contributed by atoms with Crippen LogP contribution < -0.4 is 5.32 Å². The molecule has 1 aliphatic rings. The lowest BCUT2D eigenvalue weighted by atomic mass is 10.1. The molecule has 22 heavy (non-hydrogen) atoms. The molecule has 1 heterocycles. The van der Waals surface area contributed by atoms with E-state index in [2.05, 4.69) is 12.2 Å². The Bertz CT molecular complexity index is 481. The molecule has 0 saturated carbocycles. The van der Waals surface area contributed by atoms with Crippen LogP contribution in [0.15, 0.2) is 24.3 Å². The normalized spacial score (nSPS) is 18.8. The minimum atomic E-state index is -0.555. The second kappa shape index (κ2) is 8.73. The van der Waals surface area contributed by atoms with Crippen molar-refractivity contribution in [3.8, 4) is 0 Å². The van der Waals surface area contributed by atoms with E-state index in [0.29, 0.717) is 25.3 Å². The average molecular weight is 308 g/mol. The van der Waals surface area contributed by atoms with Gasteiger partial charge in [-0.05, 0) is 25.0 Å². The predicted octanol–water partition coefficient (Wildman–Crippen LogP) is 3.10. The SMILES string of the molecule is CCCCNc1ccccc1C(=O)N1CCCO[C@@H](CF)C1. The van der Waals surface area contributed by atoms with E-state index >= 15 is 0 Å². The molecule has 0 aromatic heterocycles. The van der Waals surface area contributed by atoms with Gasteiger partial charge < -0.3 is 15.0 Å². The number of carbonyl (C=O) groups excluding carboxylic acids is 1. The summed E-state index contributed by atoms with van der Waals surface area (Å²) in [4.78, 5) is 14.5. The summed E-state index contributed by atoms with van der Waals surface area (Å²) in [7, 11) is 0. The molecule has 0 aliphatic carbocycles. The van der Waals surface area contributed by atoms with Gasteiger partial charge in [-0.3, -0.25) is 4.79 Å². The monoisotopic (exact) mass is 308 g/mol. The molecule has 122 valence electrons. The maximum atomic E-state index is 12.9. The van der Waals surface area contributed by atoms with Crippen LogP contribution >= 0.6 is 0 Å². The van der Waals surface area contributed by atoms with Crippen molar-refractivity contribution in [1.82, 2.24) is 4.90 Å². The first-order valence-corrected chi connectivity index (χ1v) is 8.06. The number of alkyl halides is 1. The lowest BCUT2D eigenvalue weighted by Crippen LogP contribution is -2.38. The van der Waals surface area contributed by atoms with Crippen molar-refractivity contribution in [3.05, 3.63) is 29.8 Å². The summed E-state index contributed by atoms with van der Waals surface area (Å²) in [5, 5.41) is 3.32. The quantitative estimate of drug-likeness (QED) is 0.821. The number of hydrogen-bond donors (Lipinski definition) is 1. The zero-order valence-corrected chi connectivity index (χ0v) is 13.2. The molecule has 0 unspecified atom stereocenters. The lowest BCUT2D eigenvalue weighted by molar-refractivity contribution is 0.0343. The fourth-order valence-corrected chi connectivity index (χ4v) is 2.57. The Kier molecular flexibility index (Phi) is 6.65. The predicted molar refractivity (Wildman–Crippen MR) is 86.1 cm³/mol. The van der Waals surface area contributed by atoms with Gasteiger partial charge in [-0.2, -0.15) is 0 Å². The first kappa shape index (κ1) is 16.7. The van der Waals surface area contributed by atoms with Crippen molar-refractivity contribution < 1.29 is 13.9 Å². The molecule has 1 atom stereocenters. The molecular formula is C17H25FN2O2. The molecule has 5 heteroatoms. The van der Waals surface area contributed by atoms with E-state index in [1.165, 1.54) is 0 Å². The minimum Gasteiger partial charge on any atom is -0.384 e. The first-order valence-electron chi connectivity index (χ1n) is 8.06. The fourth-order valence-electron chi connectivity index (χ4n) is 2.57. The molecule has 1 N–H and O–H groups in total. The average Bonchev–Trinajstić information content (AvgIpc) is 2.80. The molecule has 0 spiro atoms. The second-order valence-corrected chi connectivity index (χ2v) is 5.58. The van der Waals surface area contributed by atoms with Gasteiger partial charge in [-0.25, -0.2) is 4.39 Å². The highest BCUT2D eigenvalue weighted by atomic mass is 19.1. The third-order valence-electron chi connectivity index (χ3n) is 3.81. The summed E-state index contributed by atoms with van der Waals surface area (Å²) in [6.45, 7) is 3.86. The van der Waals surface area contributed by atoms with Crippen molar-refractivity contribution in [2.45, 2.75) is 32.3 Å². The molecule has 1 aromatic rings. The number of carbonyl (C=O) groups is 1. The van der Waals surface area contributed by atoms with E-state index in [0.717, 1.165) is 31.5 Å². The second-order valence-electron chi connectivity index (χ2n) is 5.58. The van der Waals surface area contributed by atoms with Crippen molar-refractivity contribution in [3.63, 3.8) is 0 Å². The van der Waals surface area contributed by atoms with Gasteiger partial charge in [0.1, 0.15) is 12.8 Å². The van der Waals surface area contributed by atoms with Gasteiger partial charge >= 0.3 is 0 Å². The maximum absolute atomic E-state index is 12.9. The largest absolute Gasteiger partial charge is 0.384 e. The number of anilines is 1. The van der Waals surface area contributed by atoms with Crippen LogP contribution in [0.3, 0.4) is 0 Å². The number of unbranched alkanes of at least 4 members (excludes halogenated alkanes) is 1. The Morgan fingerprint density at radius 2 is 2.27 bits per heavy atom. The molecular weight excluding hydrogens is 283 g/mol. The zero-order valence-electron chi connectivity index (χ0n) is 13.2. The standard InChI is InChI=1S/C17H25FN2O2/c1-2-3-9-19-16-8-5-4-7-15(16)17(21)20-10-6-11-22-14(12-18)13-20/h4-5,7-8,14,19H,2-3,6,9-13H2,1H3/t14-/m0/s1. The third kappa shape index (κ3) is 4.44. The Balaban J connectivity index is 2.10. The molecule has 0 radical (unpaired) electrons. The van der Waals surface area contributed by atoms with Crippen molar-refractivity contribution in [1.29, 1.82) is 0 Å². The van der Waals surface area contributed by atoms with Gasteiger partial charge in [0, 0.05) is 31.9 Å². The van der Waals surface area contributed by atoms with Crippen LogP contribution in [0.1, 0.15) is 36.5 Å². The van der Waals surface area contributed by atoms with Crippen LogP contribution in [-0.2, 0) is 4.74 Å². The smallest absolute Gasteiger partial charge is 0.256 e. The van der Waals surface area contributed by atoms with Gasteiger partial charge in [0.05, 0.1) is 5.56 Å². The Morgan fingerprint density at radius 3 is 3.05 bits per heavy atom. The van der Waals surface area contributed by atoms with Crippen LogP contribution in [0.4, 0.5) is 10.1 Å². The Labute approximate surface area is 131 Å². The number of para-hydroxylation sites is 1. The van der Waals surface area contributed by atoms with Crippen molar-refractivity contribution in [2.24, 2.45) is 0 Å². The number of rotatable bonds is 6. The summed E-state index contributed by atoms with van der Waals surface area (Å²) in [5.41, 5.74) is 1.50. The van der Waals surface area contributed by atoms with E-state index in [1.54, 1.807) is 4.90 Å². The first-order chi connectivity index (χ1) is 10.8. The summed E-state index contributed by atoms with van der Waals surface area (Å²) in [5.74, 6) is -0.0523.